The van der Waals surface area contributed by atoms with Crippen LogP contribution in [0.25, 0.3) is 0 Å². The van der Waals surface area contributed by atoms with Gasteiger partial charge in [0.05, 0.1) is 22.5 Å². The molecule has 0 saturated carbocycles. The fraction of sp³-hybridized carbons (Fsp3) is 0.550. The molecule has 0 saturated heterocycles. The molecule has 3 N–H and O–H groups in total. The van der Waals surface area contributed by atoms with Crippen molar-refractivity contribution in [1.82, 2.24) is 15.4 Å². The number of rotatable bonds is 11. The molecule has 1 aromatic heterocycles. The van der Waals surface area contributed by atoms with Gasteiger partial charge in [0.2, 0.25) is 0 Å². The molecule has 1 aromatic carbocycles. The van der Waals surface area contributed by atoms with E-state index in [0.717, 1.165) is 37.7 Å². The number of carboxylic acids is 1. The third kappa shape index (κ3) is 10.5. The van der Waals surface area contributed by atoms with Gasteiger partial charge in [-0.1, -0.05) is 63.5 Å². The van der Waals surface area contributed by atoms with Crippen LogP contribution in [0.2, 0.25) is 5.02 Å². The maximum absolute atomic E-state index is 12.5. The summed E-state index contributed by atoms with van der Waals surface area (Å²) in [5, 5.41) is 20.1. The van der Waals surface area contributed by atoms with Gasteiger partial charge in [0, 0.05) is 6.54 Å². The van der Waals surface area contributed by atoms with Crippen LogP contribution < -0.4 is 5.32 Å². The Morgan fingerprint density at radius 3 is 2.23 bits per heavy atom. The van der Waals surface area contributed by atoms with E-state index >= 15 is 0 Å². The molecule has 0 amide bonds. The molecule has 0 fully saturated rings. The molecule has 0 aliphatic heterocycles. The van der Waals surface area contributed by atoms with E-state index in [1.165, 1.54) is 44.6 Å². The molecule has 0 radical (unpaired) electrons. The number of carbonyl (C=O) groups is 1. The van der Waals surface area contributed by atoms with E-state index in [-0.39, 0.29) is 10.7 Å². The summed E-state index contributed by atoms with van der Waals surface area (Å²) in [4.78, 5) is 9.94. The van der Waals surface area contributed by atoms with Gasteiger partial charge in [-0.05, 0) is 24.6 Å². The van der Waals surface area contributed by atoms with Gasteiger partial charge in [0.25, 0.3) is 0 Å². The maximum Gasteiger partial charge on any atom is 0.416 e. The number of benzene rings is 1. The number of hydrogen-bond donors (Lipinski definition) is 3. The Bertz CT molecular complexity index is 740. The van der Waals surface area contributed by atoms with Crippen LogP contribution in [0, 0.1) is 0 Å². The number of carboxylic acid groups (broad SMARTS) is 1. The summed E-state index contributed by atoms with van der Waals surface area (Å²) in [5.74, 6) is -1.07. The first-order valence-electron chi connectivity index (χ1n) is 9.95. The highest BCUT2D eigenvalue weighted by Gasteiger charge is 2.30. The average Bonchev–Trinajstić information content (AvgIpc) is 3.23. The van der Waals surface area contributed by atoms with Crippen LogP contribution >= 0.6 is 11.6 Å². The number of aromatic amines is 1. The molecule has 0 unspecified atom stereocenters. The van der Waals surface area contributed by atoms with Crippen LogP contribution in [0.5, 0.6) is 0 Å². The molecule has 0 atom stereocenters. The van der Waals surface area contributed by atoms with Crippen molar-refractivity contribution >= 4 is 23.3 Å². The molecule has 0 aliphatic rings. The van der Waals surface area contributed by atoms with Gasteiger partial charge < -0.3 is 10.4 Å². The highest BCUT2D eigenvalue weighted by Crippen LogP contribution is 2.33. The summed E-state index contributed by atoms with van der Waals surface area (Å²) in [6.45, 7) is 2.94. The Hall–Kier alpha value is -2.29. The molecule has 0 aliphatic carbocycles. The molecular formula is C20H28ClF3N4O2. The smallest absolute Gasteiger partial charge is 0.416 e. The van der Waals surface area contributed by atoms with Crippen molar-refractivity contribution in [1.29, 1.82) is 0 Å². The van der Waals surface area contributed by atoms with Crippen molar-refractivity contribution in [3.8, 4) is 0 Å². The lowest BCUT2D eigenvalue weighted by Gasteiger charge is -2.11. The lowest BCUT2D eigenvalue weighted by atomic mass is 10.1. The third-order valence-corrected chi connectivity index (χ3v) is 4.59. The first-order valence-corrected chi connectivity index (χ1v) is 10.3. The normalized spacial score (nSPS) is 11.0. The Balaban J connectivity index is 0.000000467. The zero-order valence-corrected chi connectivity index (χ0v) is 17.7. The van der Waals surface area contributed by atoms with Crippen molar-refractivity contribution in [2.24, 2.45) is 0 Å². The van der Waals surface area contributed by atoms with Gasteiger partial charge in [-0.2, -0.15) is 23.5 Å². The number of aromatic carboxylic acids is 1. The predicted octanol–water partition coefficient (Wildman–Crippen LogP) is 6.41. The summed E-state index contributed by atoms with van der Waals surface area (Å²) in [6, 6.07) is 3.43. The summed E-state index contributed by atoms with van der Waals surface area (Å²) >= 11 is 5.88. The van der Waals surface area contributed by atoms with Crippen LogP contribution in [-0.2, 0) is 6.18 Å². The van der Waals surface area contributed by atoms with Gasteiger partial charge >= 0.3 is 12.1 Å². The second-order valence-corrected chi connectivity index (χ2v) is 7.16. The number of nitrogens with one attached hydrogen (secondary N) is 2. The highest BCUT2D eigenvalue weighted by molar-refractivity contribution is 6.33. The first kappa shape index (κ1) is 25.7. The number of halogens is 4. The van der Waals surface area contributed by atoms with E-state index in [0.29, 0.717) is 5.69 Å². The van der Waals surface area contributed by atoms with Crippen molar-refractivity contribution < 1.29 is 23.1 Å². The average molecular weight is 449 g/mol. The van der Waals surface area contributed by atoms with E-state index in [1.54, 1.807) is 0 Å². The molecule has 2 aromatic rings. The van der Waals surface area contributed by atoms with Gasteiger partial charge in [0.15, 0.2) is 5.69 Å². The van der Waals surface area contributed by atoms with E-state index in [1.807, 2.05) is 0 Å². The number of H-pyrrole nitrogens is 1. The van der Waals surface area contributed by atoms with Crippen LogP contribution in [0.1, 0.15) is 74.3 Å². The van der Waals surface area contributed by atoms with Crippen LogP contribution in [0.3, 0.4) is 0 Å². The van der Waals surface area contributed by atoms with E-state index < -0.39 is 17.7 Å². The molecule has 1 heterocycles. The molecule has 2 rings (SSSR count). The topological polar surface area (TPSA) is 90.9 Å². The number of alkyl halides is 3. The van der Waals surface area contributed by atoms with Crippen LogP contribution in [0.15, 0.2) is 24.4 Å². The SMILES string of the molecule is CCCCCCCCCCNc1ccc(C(F)(F)F)cc1Cl.O=C(O)c1cn[nH]n1. The second-order valence-electron chi connectivity index (χ2n) is 6.75. The van der Waals surface area contributed by atoms with Gasteiger partial charge in [-0.3, -0.25) is 0 Å². The lowest BCUT2D eigenvalue weighted by Crippen LogP contribution is -2.06. The standard InChI is InChI=1S/C17H25ClF3N.C3H3N3O2/c1-2-3-4-5-6-7-8-9-12-22-16-11-10-14(13-15(16)18)17(19,20)21;7-3(8)2-1-4-6-5-2/h10-11,13,22H,2-9,12H2,1H3;1H,(H,7,8)(H,4,5,6). The summed E-state index contributed by atoms with van der Waals surface area (Å²) in [7, 11) is 0. The number of anilines is 1. The minimum absolute atomic E-state index is 0.0648. The molecule has 10 heteroatoms. The first-order chi connectivity index (χ1) is 14.3. The van der Waals surface area contributed by atoms with Crippen molar-refractivity contribution in [2.75, 3.05) is 11.9 Å². The molecule has 0 spiro atoms. The second kappa shape index (κ2) is 13.8. The maximum atomic E-state index is 12.5. The van der Waals surface area contributed by atoms with Crippen molar-refractivity contribution in [3.05, 3.63) is 40.7 Å². The lowest BCUT2D eigenvalue weighted by molar-refractivity contribution is -0.137. The Morgan fingerprint density at radius 1 is 1.13 bits per heavy atom. The molecular weight excluding hydrogens is 421 g/mol. The number of nitrogens with zero attached hydrogens (tertiary/aromatic N) is 2. The fourth-order valence-corrected chi connectivity index (χ4v) is 2.87. The van der Waals surface area contributed by atoms with E-state index in [2.05, 4.69) is 27.7 Å². The van der Waals surface area contributed by atoms with Gasteiger partial charge in [-0.15, -0.1) is 5.10 Å². The summed E-state index contributed by atoms with van der Waals surface area (Å²) in [6.07, 6.45) is 6.60. The quantitative estimate of drug-likeness (QED) is 0.345. The van der Waals surface area contributed by atoms with Gasteiger partial charge in [0.1, 0.15) is 0 Å². The minimum atomic E-state index is -4.35. The van der Waals surface area contributed by atoms with Crippen LogP contribution in [-0.4, -0.2) is 33.0 Å². The highest BCUT2D eigenvalue weighted by atomic mass is 35.5. The number of hydrogen-bond acceptors (Lipinski definition) is 4. The van der Waals surface area contributed by atoms with Crippen molar-refractivity contribution in [2.45, 2.75) is 64.5 Å². The summed E-state index contributed by atoms with van der Waals surface area (Å²) in [5.41, 5.74) is -0.210. The fourth-order valence-electron chi connectivity index (χ4n) is 2.62. The third-order valence-electron chi connectivity index (χ3n) is 4.28. The molecule has 6 nitrogen and oxygen atoms in total. The number of aromatic nitrogens is 3. The van der Waals surface area contributed by atoms with E-state index in [4.69, 9.17) is 16.7 Å². The minimum Gasteiger partial charge on any atom is -0.476 e. The Kier molecular flexibility index (Phi) is 11.9. The van der Waals surface area contributed by atoms with Crippen molar-refractivity contribution in [3.63, 3.8) is 0 Å². The largest absolute Gasteiger partial charge is 0.476 e. The molecule has 0 bridgehead atoms. The zero-order valence-electron chi connectivity index (χ0n) is 16.9. The van der Waals surface area contributed by atoms with E-state index in [9.17, 15) is 18.0 Å². The predicted molar refractivity (Wildman–Crippen MR) is 111 cm³/mol. The van der Waals surface area contributed by atoms with Gasteiger partial charge in [-0.25, -0.2) is 4.79 Å². The summed E-state index contributed by atoms with van der Waals surface area (Å²) < 4.78 is 37.6. The molecule has 168 valence electrons. The Labute approximate surface area is 179 Å². The Morgan fingerprint density at radius 2 is 1.77 bits per heavy atom. The van der Waals surface area contributed by atoms with Crippen LogP contribution in [0.4, 0.5) is 18.9 Å². The molecule has 30 heavy (non-hydrogen) atoms. The number of unbranched alkanes of at least 4 members (excludes halogenated alkanes) is 7. The monoisotopic (exact) mass is 448 g/mol. The zero-order chi connectivity index (χ0) is 22.4.